The number of aromatic nitrogens is 4. The SMILES string of the molecule is Nc1nonc1-c1nc(-c2ccc3ccccc3c2)no1. The van der Waals surface area contributed by atoms with Gasteiger partial charge < -0.3 is 10.3 Å². The molecule has 102 valence electrons. The second-order valence-corrected chi connectivity index (χ2v) is 4.48. The number of nitrogens with two attached hydrogens (primary N) is 1. The Balaban J connectivity index is 1.79. The molecule has 4 aromatic rings. The topological polar surface area (TPSA) is 104 Å². The standard InChI is InChI=1S/C14H9N5O2/c15-12-11(17-21-18-12)14-16-13(19-20-14)10-6-5-8-3-1-2-4-9(8)7-10/h1-7H,(H2,15,18). The van der Waals surface area contributed by atoms with Crippen LogP contribution in [0, 0.1) is 0 Å². The van der Waals surface area contributed by atoms with Gasteiger partial charge in [-0.1, -0.05) is 41.6 Å². The summed E-state index contributed by atoms with van der Waals surface area (Å²) in [6.45, 7) is 0. The molecule has 0 atom stereocenters. The first-order valence-electron chi connectivity index (χ1n) is 6.22. The molecule has 4 rings (SSSR count). The van der Waals surface area contributed by atoms with E-state index in [-0.39, 0.29) is 17.4 Å². The molecule has 2 aromatic carbocycles. The van der Waals surface area contributed by atoms with E-state index in [9.17, 15) is 0 Å². The van der Waals surface area contributed by atoms with Crippen molar-refractivity contribution in [3.63, 3.8) is 0 Å². The summed E-state index contributed by atoms with van der Waals surface area (Å²) in [6, 6.07) is 14.0. The monoisotopic (exact) mass is 279 g/mol. The quantitative estimate of drug-likeness (QED) is 0.601. The minimum Gasteiger partial charge on any atom is -0.379 e. The van der Waals surface area contributed by atoms with Gasteiger partial charge in [-0.3, -0.25) is 0 Å². The van der Waals surface area contributed by atoms with E-state index in [1.807, 2.05) is 42.5 Å². The van der Waals surface area contributed by atoms with E-state index in [2.05, 4.69) is 25.1 Å². The Hall–Kier alpha value is -3.22. The second kappa shape index (κ2) is 4.41. The highest BCUT2D eigenvalue weighted by Crippen LogP contribution is 2.26. The van der Waals surface area contributed by atoms with Crippen LogP contribution in [0.4, 0.5) is 5.82 Å². The summed E-state index contributed by atoms with van der Waals surface area (Å²) < 4.78 is 9.67. The van der Waals surface area contributed by atoms with E-state index in [0.29, 0.717) is 5.82 Å². The van der Waals surface area contributed by atoms with Gasteiger partial charge in [-0.05, 0) is 27.2 Å². The lowest BCUT2D eigenvalue weighted by Gasteiger charge is -1.99. The van der Waals surface area contributed by atoms with Crippen molar-refractivity contribution in [1.29, 1.82) is 0 Å². The van der Waals surface area contributed by atoms with Crippen LogP contribution in [0.25, 0.3) is 33.7 Å². The summed E-state index contributed by atoms with van der Waals surface area (Å²) in [6.07, 6.45) is 0. The predicted octanol–water partition coefficient (Wildman–Crippen LogP) is 2.52. The highest BCUT2D eigenvalue weighted by atomic mass is 16.6. The Morgan fingerprint density at radius 2 is 1.76 bits per heavy atom. The molecule has 0 amide bonds. The van der Waals surface area contributed by atoms with E-state index in [4.69, 9.17) is 10.3 Å². The lowest BCUT2D eigenvalue weighted by Crippen LogP contribution is -1.88. The molecule has 0 aliphatic heterocycles. The summed E-state index contributed by atoms with van der Waals surface area (Å²) in [5, 5.41) is 13.3. The van der Waals surface area contributed by atoms with Crippen molar-refractivity contribution in [3.05, 3.63) is 42.5 Å². The van der Waals surface area contributed by atoms with Crippen LogP contribution < -0.4 is 5.73 Å². The van der Waals surface area contributed by atoms with E-state index < -0.39 is 0 Å². The van der Waals surface area contributed by atoms with Gasteiger partial charge in [-0.2, -0.15) is 4.98 Å². The van der Waals surface area contributed by atoms with E-state index in [1.165, 1.54) is 0 Å². The fourth-order valence-electron chi connectivity index (χ4n) is 2.11. The Morgan fingerprint density at radius 3 is 2.57 bits per heavy atom. The lowest BCUT2D eigenvalue weighted by atomic mass is 10.1. The number of fused-ring (bicyclic) bond motifs is 1. The third-order valence-corrected chi connectivity index (χ3v) is 3.15. The van der Waals surface area contributed by atoms with E-state index >= 15 is 0 Å². The largest absolute Gasteiger partial charge is 0.379 e. The third kappa shape index (κ3) is 1.91. The molecule has 2 N–H and O–H groups in total. The number of hydrogen-bond donors (Lipinski definition) is 1. The molecule has 0 spiro atoms. The molecule has 0 fully saturated rings. The van der Waals surface area contributed by atoms with Crippen molar-refractivity contribution in [3.8, 4) is 23.0 Å². The van der Waals surface area contributed by atoms with Crippen LogP contribution in [-0.4, -0.2) is 20.5 Å². The molecule has 0 aliphatic carbocycles. The average Bonchev–Trinajstić information content (AvgIpc) is 3.15. The van der Waals surface area contributed by atoms with Crippen molar-refractivity contribution in [2.75, 3.05) is 5.73 Å². The van der Waals surface area contributed by atoms with Gasteiger partial charge in [0.15, 0.2) is 0 Å². The fraction of sp³-hybridized carbons (Fsp3) is 0. The van der Waals surface area contributed by atoms with E-state index in [1.54, 1.807) is 0 Å². The summed E-state index contributed by atoms with van der Waals surface area (Å²) in [7, 11) is 0. The highest BCUT2D eigenvalue weighted by Gasteiger charge is 2.17. The van der Waals surface area contributed by atoms with Crippen molar-refractivity contribution >= 4 is 16.6 Å². The van der Waals surface area contributed by atoms with Crippen LogP contribution in [0.5, 0.6) is 0 Å². The van der Waals surface area contributed by atoms with Crippen LogP contribution >= 0.6 is 0 Å². The first-order chi connectivity index (χ1) is 10.3. The third-order valence-electron chi connectivity index (χ3n) is 3.15. The van der Waals surface area contributed by atoms with Crippen molar-refractivity contribution in [1.82, 2.24) is 20.5 Å². The molecule has 7 nitrogen and oxygen atoms in total. The van der Waals surface area contributed by atoms with Gasteiger partial charge in [-0.15, -0.1) is 0 Å². The smallest absolute Gasteiger partial charge is 0.284 e. The zero-order chi connectivity index (χ0) is 14.2. The molecule has 0 unspecified atom stereocenters. The van der Waals surface area contributed by atoms with E-state index in [0.717, 1.165) is 16.3 Å². The summed E-state index contributed by atoms with van der Waals surface area (Å²) in [5.41, 5.74) is 6.69. The molecule has 0 bridgehead atoms. The second-order valence-electron chi connectivity index (χ2n) is 4.48. The molecule has 2 heterocycles. The fourth-order valence-corrected chi connectivity index (χ4v) is 2.11. The minimum absolute atomic E-state index is 0.115. The van der Waals surface area contributed by atoms with Crippen molar-refractivity contribution < 1.29 is 9.15 Å². The molecule has 0 saturated carbocycles. The molecular formula is C14H9N5O2. The summed E-state index contributed by atoms with van der Waals surface area (Å²) in [5.74, 6) is 0.749. The summed E-state index contributed by atoms with van der Waals surface area (Å²) >= 11 is 0. The molecular weight excluding hydrogens is 270 g/mol. The number of hydrogen-bond acceptors (Lipinski definition) is 7. The van der Waals surface area contributed by atoms with Gasteiger partial charge in [0.2, 0.25) is 17.3 Å². The number of benzene rings is 2. The van der Waals surface area contributed by atoms with Crippen LogP contribution in [0.3, 0.4) is 0 Å². The van der Waals surface area contributed by atoms with Gasteiger partial charge in [0.25, 0.3) is 5.89 Å². The molecule has 0 saturated heterocycles. The van der Waals surface area contributed by atoms with Crippen molar-refractivity contribution in [2.24, 2.45) is 0 Å². The molecule has 21 heavy (non-hydrogen) atoms. The maximum Gasteiger partial charge on any atom is 0.284 e. The van der Waals surface area contributed by atoms with Crippen LogP contribution in [0.1, 0.15) is 0 Å². The number of rotatable bonds is 2. The van der Waals surface area contributed by atoms with Gasteiger partial charge in [-0.25, -0.2) is 4.63 Å². The molecule has 2 aromatic heterocycles. The number of anilines is 1. The first kappa shape index (κ1) is 11.6. The number of nitrogen functional groups attached to an aromatic ring is 1. The maximum absolute atomic E-state index is 5.60. The number of nitrogens with zero attached hydrogens (tertiary/aromatic N) is 4. The summed E-state index contributed by atoms with van der Waals surface area (Å²) in [4.78, 5) is 4.27. The van der Waals surface area contributed by atoms with Gasteiger partial charge >= 0.3 is 0 Å². The predicted molar refractivity (Wildman–Crippen MR) is 74.9 cm³/mol. The van der Waals surface area contributed by atoms with Crippen LogP contribution in [0.2, 0.25) is 0 Å². The van der Waals surface area contributed by atoms with Crippen molar-refractivity contribution in [2.45, 2.75) is 0 Å². The normalized spacial score (nSPS) is 11.0. The minimum atomic E-state index is 0.115. The molecule has 7 heteroatoms. The average molecular weight is 279 g/mol. The highest BCUT2D eigenvalue weighted by molar-refractivity contribution is 5.86. The Morgan fingerprint density at radius 1 is 0.905 bits per heavy atom. The first-order valence-corrected chi connectivity index (χ1v) is 6.22. The Kier molecular flexibility index (Phi) is 2.43. The molecule has 0 radical (unpaired) electrons. The Labute approximate surface area is 118 Å². The molecule has 0 aliphatic rings. The maximum atomic E-state index is 5.60. The van der Waals surface area contributed by atoms with Gasteiger partial charge in [0, 0.05) is 5.56 Å². The van der Waals surface area contributed by atoms with Gasteiger partial charge in [0.1, 0.15) is 0 Å². The zero-order valence-electron chi connectivity index (χ0n) is 10.7. The van der Waals surface area contributed by atoms with Crippen LogP contribution in [-0.2, 0) is 0 Å². The zero-order valence-corrected chi connectivity index (χ0v) is 10.7. The Bertz CT molecular complexity index is 928. The van der Waals surface area contributed by atoms with Crippen LogP contribution in [0.15, 0.2) is 51.6 Å². The lowest BCUT2D eigenvalue weighted by molar-refractivity contribution is 0.308. The van der Waals surface area contributed by atoms with Gasteiger partial charge in [0.05, 0.1) is 0 Å².